The molecular formula is C18H23NS. The van der Waals surface area contributed by atoms with Gasteiger partial charge in [0.15, 0.2) is 0 Å². The minimum absolute atomic E-state index is 0.313. The second-order valence-corrected chi connectivity index (χ2v) is 7.47. The van der Waals surface area contributed by atoms with Gasteiger partial charge in [0.1, 0.15) is 0 Å². The highest BCUT2D eigenvalue weighted by Gasteiger charge is 2.31. The Morgan fingerprint density at radius 1 is 1.25 bits per heavy atom. The van der Waals surface area contributed by atoms with Crippen LogP contribution in [0.3, 0.4) is 0 Å². The molecule has 0 aliphatic heterocycles. The third-order valence-electron chi connectivity index (χ3n) is 4.60. The molecule has 1 aliphatic rings. The summed E-state index contributed by atoms with van der Waals surface area (Å²) in [7, 11) is 0. The average molecular weight is 285 g/mol. The molecule has 1 aromatic heterocycles. The van der Waals surface area contributed by atoms with Crippen LogP contribution in [0.2, 0.25) is 0 Å². The molecule has 1 aromatic carbocycles. The van der Waals surface area contributed by atoms with Gasteiger partial charge in [-0.2, -0.15) is 0 Å². The van der Waals surface area contributed by atoms with Crippen molar-refractivity contribution in [3.8, 4) is 0 Å². The summed E-state index contributed by atoms with van der Waals surface area (Å²) in [4.78, 5) is 1.47. The molecule has 20 heavy (non-hydrogen) atoms. The maximum atomic E-state index is 3.77. The van der Waals surface area contributed by atoms with Gasteiger partial charge in [0.05, 0.1) is 0 Å². The van der Waals surface area contributed by atoms with Crippen LogP contribution in [0.15, 0.2) is 35.7 Å². The molecule has 0 spiro atoms. The Balaban J connectivity index is 1.80. The molecule has 3 rings (SSSR count). The first-order valence-electron chi connectivity index (χ1n) is 7.44. The van der Waals surface area contributed by atoms with Crippen molar-refractivity contribution in [3.05, 3.63) is 57.3 Å². The smallest absolute Gasteiger partial charge is 0.0326 e. The Kier molecular flexibility index (Phi) is 3.70. The lowest BCUT2D eigenvalue weighted by Gasteiger charge is -2.37. The van der Waals surface area contributed by atoms with Gasteiger partial charge in [-0.05, 0) is 53.3 Å². The molecule has 0 fully saturated rings. The normalized spacial score (nSPS) is 20.6. The molecule has 0 saturated heterocycles. The summed E-state index contributed by atoms with van der Waals surface area (Å²) in [5.41, 5.74) is 4.74. The first-order chi connectivity index (χ1) is 9.58. The van der Waals surface area contributed by atoms with E-state index in [4.69, 9.17) is 0 Å². The fraction of sp³-hybridized carbons (Fsp3) is 0.444. The maximum Gasteiger partial charge on any atom is 0.0326 e. The molecule has 1 unspecified atom stereocenters. The van der Waals surface area contributed by atoms with E-state index in [1.54, 1.807) is 0 Å². The molecule has 0 radical (unpaired) electrons. The summed E-state index contributed by atoms with van der Waals surface area (Å²) in [6.45, 7) is 7.92. The number of aryl methyl sites for hydroxylation is 1. The van der Waals surface area contributed by atoms with Crippen LogP contribution in [0.1, 0.15) is 54.3 Å². The van der Waals surface area contributed by atoms with Crippen LogP contribution < -0.4 is 5.32 Å². The highest BCUT2D eigenvalue weighted by Crippen LogP contribution is 2.41. The molecule has 0 amide bonds. The second kappa shape index (κ2) is 5.34. The van der Waals surface area contributed by atoms with Crippen molar-refractivity contribution in [3.63, 3.8) is 0 Å². The molecule has 2 heteroatoms. The molecule has 1 nitrogen and oxygen atoms in total. The van der Waals surface area contributed by atoms with Gasteiger partial charge in [-0.15, -0.1) is 11.3 Å². The number of rotatable bonds is 3. The van der Waals surface area contributed by atoms with Crippen LogP contribution in [0, 0.1) is 6.92 Å². The van der Waals surface area contributed by atoms with Crippen LogP contribution in [-0.4, -0.2) is 0 Å². The van der Waals surface area contributed by atoms with Crippen molar-refractivity contribution in [2.24, 2.45) is 0 Å². The third kappa shape index (κ3) is 2.55. The minimum Gasteiger partial charge on any atom is -0.305 e. The number of nitrogens with one attached hydrogen (secondary N) is 1. The zero-order valence-corrected chi connectivity index (χ0v) is 13.4. The van der Waals surface area contributed by atoms with Crippen LogP contribution in [-0.2, 0) is 12.0 Å². The van der Waals surface area contributed by atoms with Gasteiger partial charge in [-0.25, -0.2) is 0 Å². The SMILES string of the molecule is Cc1ccsc1CNC1CCC(C)(C)c2ccccc21. The van der Waals surface area contributed by atoms with E-state index in [-0.39, 0.29) is 0 Å². The van der Waals surface area contributed by atoms with E-state index >= 15 is 0 Å². The summed E-state index contributed by atoms with van der Waals surface area (Å²) in [5, 5.41) is 5.95. The van der Waals surface area contributed by atoms with Crippen molar-refractivity contribution in [1.29, 1.82) is 0 Å². The maximum absolute atomic E-state index is 3.77. The van der Waals surface area contributed by atoms with Crippen LogP contribution in [0.25, 0.3) is 0 Å². The standard InChI is InChI=1S/C18H23NS/c1-13-9-11-20-17(13)12-19-16-8-10-18(2,3)15-7-5-4-6-14(15)16/h4-7,9,11,16,19H,8,10,12H2,1-3H3. The monoisotopic (exact) mass is 285 g/mol. The van der Waals surface area contributed by atoms with Crippen molar-refractivity contribution < 1.29 is 0 Å². The lowest BCUT2D eigenvalue weighted by atomic mass is 9.71. The quantitative estimate of drug-likeness (QED) is 0.840. The molecule has 1 atom stereocenters. The number of fused-ring (bicyclic) bond motifs is 1. The van der Waals surface area contributed by atoms with E-state index < -0.39 is 0 Å². The lowest BCUT2D eigenvalue weighted by molar-refractivity contribution is 0.358. The Labute approximate surface area is 126 Å². The van der Waals surface area contributed by atoms with Crippen LogP contribution in [0.5, 0.6) is 0 Å². The Morgan fingerprint density at radius 3 is 2.80 bits per heavy atom. The topological polar surface area (TPSA) is 12.0 Å². The highest BCUT2D eigenvalue weighted by molar-refractivity contribution is 7.10. The minimum atomic E-state index is 0.313. The zero-order chi connectivity index (χ0) is 14.2. The zero-order valence-electron chi connectivity index (χ0n) is 12.6. The van der Waals surface area contributed by atoms with E-state index in [9.17, 15) is 0 Å². The summed E-state index contributed by atoms with van der Waals surface area (Å²) in [6.07, 6.45) is 2.49. The molecule has 0 bridgehead atoms. The third-order valence-corrected chi connectivity index (χ3v) is 5.62. The first kappa shape index (κ1) is 13.8. The van der Waals surface area contributed by atoms with Crippen molar-refractivity contribution in [2.75, 3.05) is 0 Å². The lowest BCUT2D eigenvalue weighted by Crippen LogP contribution is -2.32. The van der Waals surface area contributed by atoms with Gasteiger partial charge in [0, 0.05) is 17.5 Å². The van der Waals surface area contributed by atoms with Crippen molar-refractivity contribution in [1.82, 2.24) is 5.32 Å². The Hall–Kier alpha value is -1.12. The summed E-state index contributed by atoms with van der Waals surface area (Å²) in [6, 6.07) is 11.7. The van der Waals surface area contributed by atoms with Gasteiger partial charge >= 0.3 is 0 Å². The average Bonchev–Trinajstić information content (AvgIpc) is 2.84. The van der Waals surface area contributed by atoms with Crippen molar-refractivity contribution in [2.45, 2.75) is 51.6 Å². The summed E-state index contributed by atoms with van der Waals surface area (Å²) < 4.78 is 0. The molecule has 106 valence electrons. The van der Waals surface area contributed by atoms with Crippen molar-refractivity contribution >= 4 is 11.3 Å². The van der Waals surface area contributed by atoms with Gasteiger partial charge in [-0.3, -0.25) is 0 Å². The second-order valence-electron chi connectivity index (χ2n) is 6.47. The molecular weight excluding hydrogens is 262 g/mol. The molecule has 0 saturated carbocycles. The van der Waals surface area contributed by atoms with E-state index in [1.165, 1.54) is 34.4 Å². The fourth-order valence-electron chi connectivity index (χ4n) is 3.23. The fourth-order valence-corrected chi connectivity index (χ4v) is 4.08. The first-order valence-corrected chi connectivity index (χ1v) is 8.32. The Bertz CT molecular complexity index is 597. The summed E-state index contributed by atoms with van der Waals surface area (Å²) >= 11 is 1.86. The predicted molar refractivity (Wildman–Crippen MR) is 87.3 cm³/mol. The molecule has 1 N–H and O–H groups in total. The van der Waals surface area contributed by atoms with Gasteiger partial charge < -0.3 is 5.32 Å². The molecule has 1 aliphatic carbocycles. The number of hydrogen-bond donors (Lipinski definition) is 1. The number of thiophene rings is 1. The van der Waals surface area contributed by atoms with Crippen LogP contribution in [0.4, 0.5) is 0 Å². The van der Waals surface area contributed by atoms with Gasteiger partial charge in [-0.1, -0.05) is 38.1 Å². The summed E-state index contributed by atoms with van der Waals surface area (Å²) in [5.74, 6) is 0. The van der Waals surface area contributed by atoms with Gasteiger partial charge in [0.2, 0.25) is 0 Å². The number of benzene rings is 1. The molecule has 1 heterocycles. The van der Waals surface area contributed by atoms with Crippen LogP contribution >= 0.6 is 11.3 Å². The highest BCUT2D eigenvalue weighted by atomic mass is 32.1. The predicted octanol–water partition coefficient (Wildman–Crippen LogP) is 4.96. The largest absolute Gasteiger partial charge is 0.305 e. The molecule has 2 aromatic rings. The van der Waals surface area contributed by atoms with E-state index in [0.29, 0.717) is 11.5 Å². The Morgan fingerprint density at radius 2 is 2.05 bits per heavy atom. The van der Waals surface area contributed by atoms with E-state index in [2.05, 4.69) is 61.8 Å². The van der Waals surface area contributed by atoms with E-state index in [0.717, 1.165) is 6.54 Å². The van der Waals surface area contributed by atoms with E-state index in [1.807, 2.05) is 11.3 Å². The van der Waals surface area contributed by atoms with Gasteiger partial charge in [0.25, 0.3) is 0 Å². The number of hydrogen-bond acceptors (Lipinski definition) is 2.